The average Bonchev–Trinajstić information content (AvgIpc) is 3.23. The number of esters is 2. The minimum Gasteiger partial charge on any atom is -0.493 e. The summed E-state index contributed by atoms with van der Waals surface area (Å²) in [6, 6.07) is 5.40. The number of rotatable bonds is 6. The number of aryl methyl sites for hydroxylation is 1. The van der Waals surface area contributed by atoms with Crippen LogP contribution in [0.4, 0.5) is 8.78 Å². The van der Waals surface area contributed by atoms with Gasteiger partial charge in [0.15, 0.2) is 17.2 Å². The van der Waals surface area contributed by atoms with E-state index in [2.05, 4.69) is 14.5 Å². The van der Waals surface area contributed by atoms with Crippen molar-refractivity contribution in [1.29, 1.82) is 0 Å². The Morgan fingerprint density at radius 1 is 1.21 bits per heavy atom. The van der Waals surface area contributed by atoms with Crippen LogP contribution in [-0.2, 0) is 14.3 Å². The third-order valence-electron chi connectivity index (χ3n) is 3.87. The van der Waals surface area contributed by atoms with Crippen LogP contribution in [-0.4, -0.2) is 38.7 Å². The fourth-order valence-corrected chi connectivity index (χ4v) is 2.55. The van der Waals surface area contributed by atoms with Crippen LogP contribution < -0.4 is 9.47 Å². The maximum atomic E-state index is 12.4. The molecule has 2 heterocycles. The molecule has 0 spiro atoms. The Morgan fingerprint density at radius 2 is 1.97 bits per heavy atom. The maximum Gasteiger partial charge on any atom is 0.387 e. The molecule has 3 rings (SSSR count). The normalized spacial score (nSPS) is 14.8. The predicted octanol–water partition coefficient (Wildman–Crippen LogP) is 3.33. The minimum atomic E-state index is -3.02. The molecule has 0 saturated heterocycles. The van der Waals surface area contributed by atoms with Crippen molar-refractivity contribution in [1.82, 2.24) is 0 Å². The molecular formula is C19H15F2NO7. The second-order valence-corrected chi connectivity index (χ2v) is 5.69. The molecule has 0 amide bonds. The first-order chi connectivity index (χ1) is 13.8. The molecule has 0 saturated carbocycles. The number of aliphatic imine (C=N–C) groups is 1. The Hall–Kier alpha value is -3.69. The minimum absolute atomic E-state index is 0.0170. The highest BCUT2D eigenvalue weighted by molar-refractivity contribution is 6.13. The predicted molar refractivity (Wildman–Crippen MR) is 95.0 cm³/mol. The molecular weight excluding hydrogens is 392 g/mol. The first kappa shape index (κ1) is 20.1. The van der Waals surface area contributed by atoms with Crippen LogP contribution in [0.1, 0.15) is 27.4 Å². The quantitative estimate of drug-likeness (QED) is 0.535. The van der Waals surface area contributed by atoms with E-state index < -0.39 is 18.6 Å². The van der Waals surface area contributed by atoms with E-state index in [1.54, 1.807) is 6.92 Å². The fourth-order valence-electron chi connectivity index (χ4n) is 2.55. The summed E-state index contributed by atoms with van der Waals surface area (Å²) >= 11 is 0. The van der Waals surface area contributed by atoms with Crippen LogP contribution in [0.25, 0.3) is 6.08 Å². The summed E-state index contributed by atoms with van der Waals surface area (Å²) < 4.78 is 49.4. The SMILES string of the molecule is COC(=O)c1cc(/C=C2\N=C(c3ccc(OC(F)F)c(OC)c3)OC2=O)oc1C. The Bertz CT molecular complexity index is 1020. The summed E-state index contributed by atoms with van der Waals surface area (Å²) in [5.74, 6) is -1.01. The zero-order valence-electron chi connectivity index (χ0n) is 15.5. The van der Waals surface area contributed by atoms with Crippen LogP contribution in [0.5, 0.6) is 11.5 Å². The van der Waals surface area contributed by atoms with Crippen molar-refractivity contribution in [3.63, 3.8) is 0 Å². The first-order valence-corrected chi connectivity index (χ1v) is 8.17. The van der Waals surface area contributed by atoms with Gasteiger partial charge in [0.1, 0.15) is 17.1 Å². The van der Waals surface area contributed by atoms with E-state index in [0.717, 1.165) is 0 Å². The van der Waals surface area contributed by atoms with E-state index >= 15 is 0 Å². The van der Waals surface area contributed by atoms with Gasteiger partial charge in [-0.3, -0.25) is 0 Å². The molecule has 0 bridgehead atoms. The van der Waals surface area contributed by atoms with Gasteiger partial charge in [0.2, 0.25) is 5.90 Å². The molecule has 1 aromatic heterocycles. The number of carbonyl (C=O) groups is 2. The zero-order valence-corrected chi connectivity index (χ0v) is 15.5. The molecule has 0 unspecified atom stereocenters. The standard InChI is InChI=1S/C19H15F2NO7/c1-9-12(17(23)26-3)7-11(27-9)8-13-18(24)29-16(22-13)10-4-5-14(28-19(20)21)15(6-10)25-2/h4-8,19H,1-3H3/b13-8-. The molecule has 1 aliphatic heterocycles. The Morgan fingerprint density at radius 3 is 2.62 bits per heavy atom. The van der Waals surface area contributed by atoms with E-state index in [-0.39, 0.29) is 34.4 Å². The second kappa shape index (κ2) is 8.13. The molecule has 152 valence electrons. The monoisotopic (exact) mass is 407 g/mol. The number of benzene rings is 1. The summed E-state index contributed by atoms with van der Waals surface area (Å²) in [5.41, 5.74) is 0.456. The number of ether oxygens (including phenoxy) is 4. The van der Waals surface area contributed by atoms with Gasteiger partial charge in [0, 0.05) is 11.6 Å². The van der Waals surface area contributed by atoms with E-state index in [4.69, 9.17) is 13.9 Å². The smallest absolute Gasteiger partial charge is 0.387 e. The van der Waals surface area contributed by atoms with Crippen molar-refractivity contribution < 1.29 is 41.7 Å². The lowest BCUT2D eigenvalue weighted by molar-refractivity contribution is -0.129. The van der Waals surface area contributed by atoms with E-state index in [1.165, 1.54) is 44.6 Å². The van der Waals surface area contributed by atoms with Crippen LogP contribution in [0.3, 0.4) is 0 Å². The Balaban J connectivity index is 1.90. The van der Waals surface area contributed by atoms with Crippen molar-refractivity contribution in [3.05, 3.63) is 52.6 Å². The third kappa shape index (κ3) is 4.26. The number of halogens is 2. The number of furan rings is 1. The third-order valence-corrected chi connectivity index (χ3v) is 3.87. The maximum absolute atomic E-state index is 12.4. The lowest BCUT2D eigenvalue weighted by Gasteiger charge is -2.10. The van der Waals surface area contributed by atoms with Crippen LogP contribution in [0, 0.1) is 6.92 Å². The van der Waals surface area contributed by atoms with Crippen LogP contribution in [0.15, 0.2) is 39.4 Å². The van der Waals surface area contributed by atoms with Crippen LogP contribution in [0.2, 0.25) is 0 Å². The summed E-state index contributed by atoms with van der Waals surface area (Å²) in [6.45, 7) is -1.44. The molecule has 10 heteroatoms. The zero-order chi connectivity index (χ0) is 21.1. The van der Waals surface area contributed by atoms with Crippen molar-refractivity contribution in [2.75, 3.05) is 14.2 Å². The highest BCUT2D eigenvalue weighted by Gasteiger charge is 2.26. The lowest BCUT2D eigenvalue weighted by atomic mass is 10.2. The molecule has 0 N–H and O–H groups in total. The molecule has 29 heavy (non-hydrogen) atoms. The van der Waals surface area contributed by atoms with Crippen LogP contribution >= 0.6 is 0 Å². The van der Waals surface area contributed by atoms with Crippen molar-refractivity contribution in [2.45, 2.75) is 13.5 Å². The van der Waals surface area contributed by atoms with Gasteiger partial charge in [0.25, 0.3) is 0 Å². The molecule has 8 nitrogen and oxygen atoms in total. The summed E-state index contributed by atoms with van der Waals surface area (Å²) in [6.07, 6.45) is 1.31. The summed E-state index contributed by atoms with van der Waals surface area (Å²) in [4.78, 5) is 27.9. The van der Waals surface area contributed by atoms with E-state index in [9.17, 15) is 18.4 Å². The molecule has 0 radical (unpaired) electrons. The highest BCUT2D eigenvalue weighted by Crippen LogP contribution is 2.31. The van der Waals surface area contributed by atoms with Gasteiger partial charge in [0.05, 0.1) is 14.2 Å². The average molecular weight is 407 g/mol. The van der Waals surface area contributed by atoms with E-state index in [0.29, 0.717) is 11.3 Å². The van der Waals surface area contributed by atoms with Gasteiger partial charge >= 0.3 is 18.6 Å². The van der Waals surface area contributed by atoms with Gasteiger partial charge in [-0.15, -0.1) is 0 Å². The fraction of sp³-hybridized carbons (Fsp3) is 0.211. The molecule has 0 fully saturated rings. The van der Waals surface area contributed by atoms with Gasteiger partial charge in [-0.1, -0.05) is 0 Å². The largest absolute Gasteiger partial charge is 0.493 e. The highest BCUT2D eigenvalue weighted by atomic mass is 19.3. The number of nitrogens with zero attached hydrogens (tertiary/aromatic N) is 1. The number of hydrogen-bond acceptors (Lipinski definition) is 8. The Labute approximate surface area is 163 Å². The molecule has 0 atom stereocenters. The summed E-state index contributed by atoms with van der Waals surface area (Å²) in [7, 11) is 2.52. The summed E-state index contributed by atoms with van der Waals surface area (Å²) in [5, 5.41) is 0. The van der Waals surface area contributed by atoms with E-state index in [1.807, 2.05) is 0 Å². The number of hydrogen-bond donors (Lipinski definition) is 0. The van der Waals surface area contributed by atoms with Gasteiger partial charge < -0.3 is 23.4 Å². The molecule has 2 aromatic rings. The second-order valence-electron chi connectivity index (χ2n) is 5.69. The number of cyclic esters (lactones) is 1. The number of alkyl halides is 2. The van der Waals surface area contributed by atoms with Gasteiger partial charge in [-0.2, -0.15) is 8.78 Å². The van der Waals surface area contributed by atoms with Gasteiger partial charge in [-0.05, 0) is 31.2 Å². The molecule has 0 aliphatic carbocycles. The van der Waals surface area contributed by atoms with Crippen molar-refractivity contribution in [3.8, 4) is 11.5 Å². The van der Waals surface area contributed by atoms with Gasteiger partial charge in [-0.25, -0.2) is 14.6 Å². The van der Waals surface area contributed by atoms with Crippen molar-refractivity contribution in [2.24, 2.45) is 4.99 Å². The lowest BCUT2D eigenvalue weighted by Crippen LogP contribution is -2.07. The topological polar surface area (TPSA) is 96.6 Å². The number of carbonyl (C=O) groups excluding carboxylic acids is 2. The van der Waals surface area contributed by atoms with Crippen molar-refractivity contribution >= 4 is 23.9 Å². The molecule has 1 aromatic carbocycles. The Kier molecular flexibility index (Phi) is 5.62. The number of methoxy groups -OCH3 is 2. The molecule has 1 aliphatic rings. The first-order valence-electron chi connectivity index (χ1n) is 8.17.